The van der Waals surface area contributed by atoms with Gasteiger partial charge in [-0.2, -0.15) is 13.2 Å². The van der Waals surface area contributed by atoms with Gasteiger partial charge >= 0.3 is 6.18 Å². The molecule has 0 saturated carbocycles. The van der Waals surface area contributed by atoms with Crippen molar-refractivity contribution in [2.75, 3.05) is 6.61 Å². The number of aromatic nitrogens is 2. The van der Waals surface area contributed by atoms with Gasteiger partial charge in [0.15, 0.2) is 6.61 Å². The summed E-state index contributed by atoms with van der Waals surface area (Å²) in [7, 11) is 0. The van der Waals surface area contributed by atoms with E-state index in [1.165, 1.54) is 6.07 Å². The van der Waals surface area contributed by atoms with E-state index in [9.17, 15) is 13.2 Å². The average molecular weight is 192 g/mol. The highest BCUT2D eigenvalue weighted by atomic mass is 19.4. The molecule has 0 aliphatic carbocycles. The molecule has 0 spiro atoms. The summed E-state index contributed by atoms with van der Waals surface area (Å²) in [6, 6.07) is 1.34. The zero-order valence-electron chi connectivity index (χ0n) is 6.80. The fraction of sp³-hybridized carbons (Fsp3) is 0.429. The Labute approximate surface area is 72.6 Å². The molecule has 1 rings (SSSR count). The summed E-state index contributed by atoms with van der Waals surface area (Å²) in [4.78, 5) is 7.22. The van der Waals surface area contributed by atoms with Gasteiger partial charge in [-0.15, -0.1) is 0 Å². The van der Waals surface area contributed by atoms with E-state index in [4.69, 9.17) is 0 Å². The van der Waals surface area contributed by atoms with E-state index in [0.717, 1.165) is 6.33 Å². The van der Waals surface area contributed by atoms with Gasteiger partial charge in [0.2, 0.25) is 5.88 Å². The summed E-state index contributed by atoms with van der Waals surface area (Å²) in [5.41, 5.74) is 0.562. The molecule has 1 heterocycles. The van der Waals surface area contributed by atoms with Crippen LogP contribution in [0.2, 0.25) is 0 Å². The van der Waals surface area contributed by atoms with Crippen molar-refractivity contribution in [3.8, 4) is 5.88 Å². The number of hydrogen-bond acceptors (Lipinski definition) is 3. The predicted molar refractivity (Wildman–Crippen MR) is 38.3 cm³/mol. The van der Waals surface area contributed by atoms with Crippen LogP contribution in [0, 0.1) is 6.92 Å². The van der Waals surface area contributed by atoms with Crippen LogP contribution in [-0.2, 0) is 0 Å². The van der Waals surface area contributed by atoms with Crippen molar-refractivity contribution in [3.63, 3.8) is 0 Å². The first-order valence-electron chi connectivity index (χ1n) is 3.45. The van der Waals surface area contributed by atoms with Crippen LogP contribution in [-0.4, -0.2) is 22.8 Å². The first-order chi connectivity index (χ1) is 5.97. The largest absolute Gasteiger partial charge is 0.468 e. The molecule has 0 atom stereocenters. The standard InChI is InChI=1S/C7H7F3N2O/c1-5-2-6(12-4-11-5)13-3-7(8,9)10/h2,4H,3H2,1H3. The van der Waals surface area contributed by atoms with E-state index in [2.05, 4.69) is 14.7 Å². The summed E-state index contributed by atoms with van der Waals surface area (Å²) in [5, 5.41) is 0. The van der Waals surface area contributed by atoms with Crippen molar-refractivity contribution < 1.29 is 17.9 Å². The molecule has 0 N–H and O–H groups in total. The molecule has 0 radical (unpaired) electrons. The second-order valence-electron chi connectivity index (χ2n) is 2.40. The number of halogens is 3. The Morgan fingerprint density at radius 3 is 2.62 bits per heavy atom. The zero-order chi connectivity index (χ0) is 9.90. The van der Waals surface area contributed by atoms with Crippen LogP contribution in [0.4, 0.5) is 13.2 Å². The Balaban J connectivity index is 2.55. The Hall–Kier alpha value is -1.33. The first kappa shape index (κ1) is 9.76. The third kappa shape index (κ3) is 3.73. The molecular weight excluding hydrogens is 185 g/mol. The van der Waals surface area contributed by atoms with E-state index < -0.39 is 12.8 Å². The monoisotopic (exact) mass is 192 g/mol. The van der Waals surface area contributed by atoms with Crippen LogP contribution in [0.5, 0.6) is 5.88 Å². The molecule has 0 bridgehead atoms. The lowest BCUT2D eigenvalue weighted by Crippen LogP contribution is -2.19. The molecule has 1 aromatic rings. The molecular formula is C7H7F3N2O. The van der Waals surface area contributed by atoms with Gasteiger partial charge in [0, 0.05) is 11.8 Å². The van der Waals surface area contributed by atoms with Gasteiger partial charge in [-0.25, -0.2) is 9.97 Å². The molecule has 13 heavy (non-hydrogen) atoms. The molecule has 72 valence electrons. The second-order valence-corrected chi connectivity index (χ2v) is 2.40. The van der Waals surface area contributed by atoms with Gasteiger partial charge in [-0.3, -0.25) is 0 Å². The molecule has 0 aliphatic rings. The number of rotatable bonds is 2. The number of ether oxygens (including phenoxy) is 1. The van der Waals surface area contributed by atoms with Crippen LogP contribution in [0.1, 0.15) is 5.69 Å². The lowest BCUT2D eigenvalue weighted by Gasteiger charge is -2.07. The fourth-order valence-electron chi connectivity index (χ4n) is 0.665. The molecule has 1 aromatic heterocycles. The highest BCUT2D eigenvalue weighted by molar-refractivity contribution is 5.11. The Kier molecular flexibility index (Phi) is 2.69. The minimum Gasteiger partial charge on any atom is -0.468 e. The van der Waals surface area contributed by atoms with Crippen LogP contribution < -0.4 is 4.74 Å². The molecule has 0 unspecified atom stereocenters. The second kappa shape index (κ2) is 3.59. The summed E-state index contributed by atoms with van der Waals surface area (Å²) in [6.07, 6.45) is -3.18. The summed E-state index contributed by atoms with van der Waals surface area (Å²) in [5.74, 6) is -0.0650. The van der Waals surface area contributed by atoms with Gasteiger partial charge in [0.25, 0.3) is 0 Å². The molecule has 0 fully saturated rings. The quantitative estimate of drug-likeness (QED) is 0.715. The molecule has 6 heteroatoms. The average Bonchev–Trinajstić information content (AvgIpc) is 2.00. The maximum absolute atomic E-state index is 11.7. The first-order valence-corrected chi connectivity index (χ1v) is 3.45. The molecule has 3 nitrogen and oxygen atoms in total. The van der Waals surface area contributed by atoms with Gasteiger partial charge in [-0.1, -0.05) is 0 Å². The van der Waals surface area contributed by atoms with E-state index in [1.54, 1.807) is 6.92 Å². The van der Waals surface area contributed by atoms with Crippen molar-refractivity contribution in [3.05, 3.63) is 18.1 Å². The highest BCUT2D eigenvalue weighted by Crippen LogP contribution is 2.16. The van der Waals surface area contributed by atoms with Crippen molar-refractivity contribution in [1.29, 1.82) is 0 Å². The summed E-state index contributed by atoms with van der Waals surface area (Å²) >= 11 is 0. The van der Waals surface area contributed by atoms with E-state index >= 15 is 0 Å². The lowest BCUT2D eigenvalue weighted by atomic mass is 10.4. The van der Waals surface area contributed by atoms with E-state index in [-0.39, 0.29) is 5.88 Å². The normalized spacial score (nSPS) is 11.4. The zero-order valence-corrected chi connectivity index (χ0v) is 6.80. The molecule has 0 aromatic carbocycles. The van der Waals surface area contributed by atoms with E-state index in [1.807, 2.05) is 0 Å². The van der Waals surface area contributed by atoms with Gasteiger partial charge < -0.3 is 4.74 Å². The lowest BCUT2D eigenvalue weighted by molar-refractivity contribution is -0.154. The topological polar surface area (TPSA) is 35.0 Å². The van der Waals surface area contributed by atoms with Gasteiger partial charge in [0.1, 0.15) is 6.33 Å². The van der Waals surface area contributed by atoms with Crippen molar-refractivity contribution in [1.82, 2.24) is 9.97 Å². The summed E-state index contributed by atoms with van der Waals surface area (Å²) in [6.45, 7) is 0.311. The Bertz CT molecular complexity index is 287. The van der Waals surface area contributed by atoms with Crippen LogP contribution in [0.25, 0.3) is 0 Å². The number of alkyl halides is 3. The molecule has 0 saturated heterocycles. The van der Waals surface area contributed by atoms with Crippen molar-refractivity contribution >= 4 is 0 Å². The smallest absolute Gasteiger partial charge is 0.422 e. The maximum Gasteiger partial charge on any atom is 0.422 e. The van der Waals surface area contributed by atoms with Gasteiger partial charge in [0.05, 0.1) is 0 Å². The molecule has 0 amide bonds. The minimum atomic E-state index is -4.33. The third-order valence-corrected chi connectivity index (χ3v) is 1.16. The third-order valence-electron chi connectivity index (χ3n) is 1.16. The van der Waals surface area contributed by atoms with Gasteiger partial charge in [-0.05, 0) is 6.92 Å². The fourth-order valence-corrected chi connectivity index (χ4v) is 0.665. The summed E-state index contributed by atoms with van der Waals surface area (Å²) < 4.78 is 39.4. The van der Waals surface area contributed by atoms with Crippen LogP contribution in [0.3, 0.4) is 0 Å². The SMILES string of the molecule is Cc1cc(OCC(F)(F)F)ncn1. The Morgan fingerprint density at radius 2 is 2.08 bits per heavy atom. The van der Waals surface area contributed by atoms with Crippen LogP contribution in [0.15, 0.2) is 12.4 Å². The van der Waals surface area contributed by atoms with E-state index in [0.29, 0.717) is 5.69 Å². The van der Waals surface area contributed by atoms with Crippen molar-refractivity contribution in [2.24, 2.45) is 0 Å². The molecule has 0 aliphatic heterocycles. The number of aryl methyl sites for hydroxylation is 1. The predicted octanol–water partition coefficient (Wildman–Crippen LogP) is 1.73. The van der Waals surface area contributed by atoms with Crippen molar-refractivity contribution in [2.45, 2.75) is 13.1 Å². The Morgan fingerprint density at radius 1 is 1.38 bits per heavy atom. The number of nitrogens with zero attached hydrogens (tertiary/aromatic N) is 2. The van der Waals surface area contributed by atoms with Crippen LogP contribution >= 0.6 is 0 Å². The maximum atomic E-state index is 11.7. The highest BCUT2D eigenvalue weighted by Gasteiger charge is 2.28. The minimum absolute atomic E-state index is 0.0650. The number of hydrogen-bond donors (Lipinski definition) is 0.